The highest BCUT2D eigenvalue weighted by Gasteiger charge is 2.31. The molecule has 2 rings (SSSR count). The van der Waals surface area contributed by atoms with E-state index in [9.17, 15) is 24.3 Å². The number of aromatic amines is 1. The number of rotatable bonds is 18. The molecule has 0 fully saturated rings. The first-order valence-corrected chi connectivity index (χ1v) is 14.1. The number of hydrogen-bond acceptors (Lipinski definition) is 7. The third-order valence-corrected chi connectivity index (χ3v) is 6.84. The van der Waals surface area contributed by atoms with Crippen LogP contribution in [0.3, 0.4) is 0 Å². The van der Waals surface area contributed by atoms with E-state index in [-0.39, 0.29) is 31.8 Å². The second-order valence-electron chi connectivity index (χ2n) is 10.6. The lowest BCUT2D eigenvalue weighted by atomic mass is 10.0. The van der Waals surface area contributed by atoms with Gasteiger partial charge >= 0.3 is 5.97 Å². The first kappa shape index (κ1) is 34.0. The predicted octanol–water partition coefficient (Wildman–Crippen LogP) is -0.585. The number of carboxylic acids is 1. The number of aromatic nitrogens is 1. The highest BCUT2D eigenvalue weighted by molar-refractivity contribution is 5.94. The molecule has 0 bridgehead atoms. The molecule has 14 nitrogen and oxygen atoms in total. The van der Waals surface area contributed by atoms with E-state index in [2.05, 4.69) is 25.9 Å². The molecule has 14 heteroatoms. The van der Waals surface area contributed by atoms with Gasteiger partial charge in [-0.15, -0.1) is 0 Å². The molecular weight excluding hydrogens is 542 g/mol. The minimum absolute atomic E-state index is 0.113. The topological polar surface area (TPSA) is 257 Å². The Hall–Kier alpha value is -4.17. The first-order chi connectivity index (χ1) is 19.9. The van der Waals surface area contributed by atoms with Crippen molar-refractivity contribution < 1.29 is 24.3 Å². The van der Waals surface area contributed by atoms with Crippen LogP contribution >= 0.6 is 0 Å². The lowest BCUT2D eigenvalue weighted by Crippen LogP contribution is -2.57. The largest absolute Gasteiger partial charge is 0.480 e. The predicted molar refractivity (Wildman–Crippen MR) is 161 cm³/mol. The second kappa shape index (κ2) is 16.9. The van der Waals surface area contributed by atoms with E-state index in [1.54, 1.807) is 20.0 Å². The van der Waals surface area contributed by atoms with Crippen LogP contribution < -0.4 is 38.9 Å². The van der Waals surface area contributed by atoms with Gasteiger partial charge in [0.2, 0.25) is 17.7 Å². The van der Waals surface area contributed by atoms with Gasteiger partial charge < -0.3 is 49.0 Å². The summed E-state index contributed by atoms with van der Waals surface area (Å²) in [6.45, 7) is 3.93. The number of carbonyl (C=O) groups is 4. The maximum Gasteiger partial charge on any atom is 0.326 e. The molecular formula is C28H45N9O5. The summed E-state index contributed by atoms with van der Waals surface area (Å²) < 4.78 is 0. The Kier molecular flexibility index (Phi) is 13.7. The van der Waals surface area contributed by atoms with Crippen molar-refractivity contribution in [2.75, 3.05) is 13.1 Å². The maximum atomic E-state index is 13.4. The van der Waals surface area contributed by atoms with Crippen molar-refractivity contribution in [2.24, 2.45) is 33.8 Å². The number of carboxylic acid groups (broad SMARTS) is 1. The molecule has 0 aliphatic rings. The highest BCUT2D eigenvalue weighted by atomic mass is 16.4. The second-order valence-corrected chi connectivity index (χ2v) is 10.6. The molecule has 13 N–H and O–H groups in total. The van der Waals surface area contributed by atoms with E-state index in [0.717, 1.165) is 16.5 Å². The lowest BCUT2D eigenvalue weighted by Gasteiger charge is -2.26. The fourth-order valence-corrected chi connectivity index (χ4v) is 4.48. The number of nitrogens with one attached hydrogen (secondary N) is 4. The van der Waals surface area contributed by atoms with Crippen LogP contribution in [-0.4, -0.2) is 77.0 Å². The molecule has 0 radical (unpaired) electrons. The van der Waals surface area contributed by atoms with Crippen molar-refractivity contribution in [3.8, 4) is 0 Å². The van der Waals surface area contributed by atoms with E-state index in [0.29, 0.717) is 25.8 Å². The number of unbranched alkanes of at least 4 members (excludes halogenated alkanes) is 1. The molecule has 1 aromatic carbocycles. The zero-order valence-corrected chi connectivity index (χ0v) is 24.3. The monoisotopic (exact) mass is 587 g/mol. The third kappa shape index (κ3) is 10.7. The van der Waals surface area contributed by atoms with Crippen molar-refractivity contribution in [3.63, 3.8) is 0 Å². The minimum Gasteiger partial charge on any atom is -0.480 e. The van der Waals surface area contributed by atoms with Crippen LogP contribution in [0.2, 0.25) is 0 Å². The van der Waals surface area contributed by atoms with Crippen molar-refractivity contribution in [1.82, 2.24) is 20.9 Å². The van der Waals surface area contributed by atoms with Crippen LogP contribution in [0.1, 0.15) is 51.5 Å². The zero-order valence-electron chi connectivity index (χ0n) is 24.3. The van der Waals surface area contributed by atoms with Crippen molar-refractivity contribution in [1.29, 1.82) is 0 Å². The van der Waals surface area contributed by atoms with E-state index >= 15 is 0 Å². The minimum atomic E-state index is -1.19. The van der Waals surface area contributed by atoms with E-state index in [1.807, 2.05) is 24.3 Å². The van der Waals surface area contributed by atoms with Crippen LogP contribution in [0, 0.1) is 5.92 Å². The van der Waals surface area contributed by atoms with Crippen LogP contribution in [0.25, 0.3) is 10.9 Å². The molecule has 232 valence electrons. The highest BCUT2D eigenvalue weighted by Crippen LogP contribution is 2.19. The molecule has 0 aliphatic heterocycles. The molecule has 0 aliphatic carbocycles. The smallest absolute Gasteiger partial charge is 0.326 e. The van der Waals surface area contributed by atoms with Gasteiger partial charge in [0.1, 0.15) is 18.1 Å². The van der Waals surface area contributed by atoms with Crippen molar-refractivity contribution in [3.05, 3.63) is 36.0 Å². The summed E-state index contributed by atoms with van der Waals surface area (Å²) >= 11 is 0. The number of para-hydroxylation sites is 1. The summed E-state index contributed by atoms with van der Waals surface area (Å²) in [7, 11) is 0. The number of fused-ring (bicyclic) bond motifs is 1. The number of carbonyl (C=O) groups excluding carboxylic acids is 3. The van der Waals surface area contributed by atoms with E-state index in [4.69, 9.17) is 22.9 Å². The Balaban J connectivity index is 2.17. The molecule has 0 saturated carbocycles. The first-order valence-electron chi connectivity index (χ1n) is 14.1. The van der Waals surface area contributed by atoms with Gasteiger partial charge in [-0.2, -0.15) is 0 Å². The molecule has 42 heavy (non-hydrogen) atoms. The Morgan fingerprint density at radius 2 is 1.55 bits per heavy atom. The number of aliphatic carboxylic acids is 1. The van der Waals surface area contributed by atoms with Crippen LogP contribution in [0.5, 0.6) is 0 Å². The van der Waals surface area contributed by atoms with Crippen molar-refractivity contribution in [2.45, 2.75) is 76.5 Å². The summed E-state index contributed by atoms with van der Waals surface area (Å²) in [4.78, 5) is 58.4. The fraction of sp³-hybridized carbons (Fsp3) is 0.536. The Bertz CT molecular complexity index is 1230. The van der Waals surface area contributed by atoms with Gasteiger partial charge in [0.05, 0.1) is 6.04 Å². The SMILES string of the molecule is CC(C)C(NC(=O)C(CCCN=C(N)N)NC(=O)C(CCCCN)NC(=O)C(N)Cc1c[nH]c2ccccc12)C(=O)O. The molecule has 0 saturated heterocycles. The number of H-pyrrole nitrogens is 1. The molecule has 1 heterocycles. The number of guanidine groups is 1. The fourth-order valence-electron chi connectivity index (χ4n) is 4.48. The number of benzene rings is 1. The Morgan fingerprint density at radius 1 is 0.929 bits per heavy atom. The molecule has 4 atom stereocenters. The van der Waals surface area contributed by atoms with Crippen LogP contribution in [0.4, 0.5) is 0 Å². The summed E-state index contributed by atoms with van der Waals surface area (Å²) in [6.07, 6.45) is 3.93. The lowest BCUT2D eigenvalue weighted by molar-refractivity contribution is -0.143. The van der Waals surface area contributed by atoms with Gasteiger partial charge in [-0.25, -0.2) is 4.79 Å². The summed E-state index contributed by atoms with van der Waals surface area (Å²) in [5.74, 6) is -3.49. The molecule has 0 spiro atoms. The molecule has 1 aromatic heterocycles. The molecule has 3 amide bonds. The number of nitrogens with two attached hydrogens (primary N) is 4. The zero-order chi connectivity index (χ0) is 31.2. The standard InChI is InChI=1S/C28H45N9O5/c1-16(2)23(27(41)42)37-26(40)22(11-7-13-33-28(31)32)36-25(39)21(10-5-6-12-29)35-24(38)19(30)14-17-15-34-20-9-4-3-8-18(17)20/h3-4,8-9,15-16,19,21-23,34H,5-7,10-14,29-30H2,1-2H3,(H,35,38)(H,36,39)(H,37,40)(H,41,42)(H4,31,32,33). The van der Waals surface area contributed by atoms with Gasteiger partial charge in [-0.05, 0) is 62.6 Å². The number of aliphatic imine (C=N–C) groups is 1. The normalized spacial score (nSPS) is 14.0. The molecule has 2 aromatic rings. The maximum absolute atomic E-state index is 13.4. The molecule has 4 unspecified atom stereocenters. The number of hydrogen-bond donors (Lipinski definition) is 9. The van der Waals surface area contributed by atoms with Crippen LogP contribution in [0.15, 0.2) is 35.5 Å². The summed E-state index contributed by atoms with van der Waals surface area (Å²) in [5, 5.41) is 18.4. The average Bonchev–Trinajstić information content (AvgIpc) is 3.34. The quantitative estimate of drug-likeness (QED) is 0.0613. The van der Waals surface area contributed by atoms with E-state index < -0.39 is 53.8 Å². The third-order valence-electron chi connectivity index (χ3n) is 6.84. The Labute approximate surface area is 245 Å². The van der Waals surface area contributed by atoms with Crippen LogP contribution in [-0.2, 0) is 25.6 Å². The van der Waals surface area contributed by atoms with Gasteiger partial charge in [-0.3, -0.25) is 19.4 Å². The average molecular weight is 588 g/mol. The van der Waals surface area contributed by atoms with Gasteiger partial charge in [0.15, 0.2) is 5.96 Å². The van der Waals surface area contributed by atoms with Gasteiger partial charge in [0, 0.05) is 23.6 Å². The van der Waals surface area contributed by atoms with Crippen molar-refractivity contribution >= 4 is 40.6 Å². The number of nitrogens with zero attached hydrogens (tertiary/aromatic N) is 1. The number of amides is 3. The van der Waals surface area contributed by atoms with Gasteiger partial charge in [-0.1, -0.05) is 32.0 Å². The summed E-state index contributed by atoms with van der Waals surface area (Å²) in [5.41, 5.74) is 24.4. The Morgan fingerprint density at radius 3 is 2.17 bits per heavy atom. The van der Waals surface area contributed by atoms with E-state index in [1.165, 1.54) is 0 Å². The summed E-state index contributed by atoms with van der Waals surface area (Å²) in [6, 6.07) is 3.47. The van der Waals surface area contributed by atoms with Gasteiger partial charge in [0.25, 0.3) is 0 Å².